The minimum Gasteiger partial charge on any atom is -0.493 e. The quantitative estimate of drug-likeness (QED) is 0.742. The van der Waals surface area contributed by atoms with Gasteiger partial charge in [0.2, 0.25) is 0 Å². The number of aliphatic hydroxyl groups excluding tert-OH is 1. The van der Waals surface area contributed by atoms with Gasteiger partial charge in [-0.15, -0.1) is 0 Å². The third-order valence-electron chi connectivity index (χ3n) is 2.20. The van der Waals surface area contributed by atoms with E-state index in [0.717, 1.165) is 29.2 Å². The molecule has 16 heavy (non-hydrogen) atoms. The SMILES string of the molecule is CCCSCC(O)c1ccccc1OCC. The van der Waals surface area contributed by atoms with Gasteiger partial charge in [-0.2, -0.15) is 11.8 Å². The molecule has 0 amide bonds. The van der Waals surface area contributed by atoms with E-state index >= 15 is 0 Å². The van der Waals surface area contributed by atoms with Gasteiger partial charge in [0.1, 0.15) is 5.75 Å². The van der Waals surface area contributed by atoms with Gasteiger partial charge in [-0.25, -0.2) is 0 Å². The first-order valence-electron chi connectivity index (χ1n) is 5.77. The van der Waals surface area contributed by atoms with Gasteiger partial charge in [0, 0.05) is 11.3 Å². The van der Waals surface area contributed by atoms with E-state index in [1.165, 1.54) is 0 Å². The van der Waals surface area contributed by atoms with Crippen LogP contribution in [-0.2, 0) is 0 Å². The fraction of sp³-hybridized carbons (Fsp3) is 0.538. The van der Waals surface area contributed by atoms with Crippen LogP contribution in [0, 0.1) is 0 Å². The summed E-state index contributed by atoms with van der Waals surface area (Å²) in [6, 6.07) is 7.71. The molecule has 1 aromatic rings. The Morgan fingerprint density at radius 2 is 2.06 bits per heavy atom. The third kappa shape index (κ3) is 4.06. The van der Waals surface area contributed by atoms with Crippen LogP contribution in [0.15, 0.2) is 24.3 Å². The van der Waals surface area contributed by atoms with Crippen molar-refractivity contribution in [3.05, 3.63) is 29.8 Å². The van der Waals surface area contributed by atoms with E-state index in [1.54, 1.807) is 11.8 Å². The van der Waals surface area contributed by atoms with Crippen LogP contribution >= 0.6 is 11.8 Å². The molecule has 0 aromatic heterocycles. The van der Waals surface area contributed by atoms with Crippen molar-refractivity contribution in [3.63, 3.8) is 0 Å². The fourth-order valence-electron chi connectivity index (χ4n) is 1.47. The topological polar surface area (TPSA) is 29.5 Å². The fourth-order valence-corrected chi connectivity index (χ4v) is 2.33. The van der Waals surface area contributed by atoms with Crippen molar-refractivity contribution in [3.8, 4) is 5.75 Å². The maximum Gasteiger partial charge on any atom is 0.125 e. The average Bonchev–Trinajstić information content (AvgIpc) is 2.30. The minimum atomic E-state index is -0.431. The van der Waals surface area contributed by atoms with E-state index in [9.17, 15) is 5.11 Å². The first kappa shape index (κ1) is 13.4. The molecule has 1 rings (SSSR count). The zero-order valence-corrected chi connectivity index (χ0v) is 10.8. The molecule has 0 saturated heterocycles. The zero-order chi connectivity index (χ0) is 11.8. The molecule has 0 aliphatic carbocycles. The predicted molar refractivity (Wildman–Crippen MR) is 70.2 cm³/mol. The standard InChI is InChI=1S/C13H20O2S/c1-3-9-16-10-12(14)11-7-5-6-8-13(11)15-4-2/h5-8,12,14H,3-4,9-10H2,1-2H3. The lowest BCUT2D eigenvalue weighted by molar-refractivity contribution is 0.196. The molecule has 0 aliphatic rings. The molecule has 0 bridgehead atoms. The van der Waals surface area contributed by atoms with Gasteiger partial charge < -0.3 is 9.84 Å². The Balaban J connectivity index is 2.62. The van der Waals surface area contributed by atoms with Crippen LogP contribution < -0.4 is 4.74 Å². The molecule has 1 atom stereocenters. The Bertz CT molecular complexity index is 302. The Morgan fingerprint density at radius 3 is 2.75 bits per heavy atom. The van der Waals surface area contributed by atoms with Crippen molar-refractivity contribution in [1.29, 1.82) is 0 Å². The van der Waals surface area contributed by atoms with E-state index in [2.05, 4.69) is 6.92 Å². The van der Waals surface area contributed by atoms with Gasteiger partial charge in [0.25, 0.3) is 0 Å². The molecule has 2 nitrogen and oxygen atoms in total. The number of rotatable bonds is 7. The van der Waals surface area contributed by atoms with Crippen LogP contribution in [0.1, 0.15) is 31.9 Å². The molecule has 0 fully saturated rings. The van der Waals surface area contributed by atoms with Crippen molar-refractivity contribution in [2.24, 2.45) is 0 Å². The Morgan fingerprint density at radius 1 is 1.31 bits per heavy atom. The highest BCUT2D eigenvalue weighted by molar-refractivity contribution is 7.99. The average molecular weight is 240 g/mol. The molecule has 3 heteroatoms. The molecule has 0 heterocycles. The summed E-state index contributed by atoms with van der Waals surface area (Å²) in [5, 5.41) is 10.1. The van der Waals surface area contributed by atoms with Crippen molar-refractivity contribution >= 4 is 11.8 Å². The highest BCUT2D eigenvalue weighted by atomic mass is 32.2. The molecule has 90 valence electrons. The van der Waals surface area contributed by atoms with Crippen molar-refractivity contribution in [2.45, 2.75) is 26.4 Å². The molecule has 1 aromatic carbocycles. The third-order valence-corrected chi connectivity index (χ3v) is 3.45. The van der Waals surface area contributed by atoms with Crippen molar-refractivity contribution in [1.82, 2.24) is 0 Å². The summed E-state index contributed by atoms with van der Waals surface area (Å²) < 4.78 is 5.50. The van der Waals surface area contributed by atoms with Gasteiger partial charge in [-0.1, -0.05) is 25.1 Å². The van der Waals surface area contributed by atoms with Gasteiger partial charge in [0.05, 0.1) is 12.7 Å². The van der Waals surface area contributed by atoms with E-state index in [0.29, 0.717) is 6.61 Å². The summed E-state index contributed by atoms with van der Waals surface area (Å²) in [5.74, 6) is 2.63. The van der Waals surface area contributed by atoms with Crippen LogP contribution in [0.4, 0.5) is 0 Å². The number of thioether (sulfide) groups is 1. The molecule has 0 spiro atoms. The predicted octanol–water partition coefficient (Wildman–Crippen LogP) is 3.26. The maximum absolute atomic E-state index is 10.1. The molecular weight excluding hydrogens is 220 g/mol. The Labute approximate surface area is 102 Å². The highest BCUT2D eigenvalue weighted by Gasteiger charge is 2.12. The summed E-state index contributed by atoms with van der Waals surface area (Å²) in [7, 11) is 0. The monoisotopic (exact) mass is 240 g/mol. The Hall–Kier alpha value is -0.670. The highest BCUT2D eigenvalue weighted by Crippen LogP contribution is 2.27. The molecule has 1 N–H and O–H groups in total. The number of hydrogen-bond donors (Lipinski definition) is 1. The Kier molecular flexibility index (Phi) is 6.34. The second kappa shape index (κ2) is 7.58. The molecular formula is C13H20O2S. The molecule has 0 aliphatic heterocycles. The van der Waals surface area contributed by atoms with Crippen molar-refractivity contribution in [2.75, 3.05) is 18.1 Å². The zero-order valence-electron chi connectivity index (χ0n) is 9.98. The van der Waals surface area contributed by atoms with Gasteiger partial charge >= 0.3 is 0 Å². The molecule has 1 unspecified atom stereocenters. The lowest BCUT2D eigenvalue weighted by atomic mass is 10.1. The normalized spacial score (nSPS) is 12.4. The van der Waals surface area contributed by atoms with Crippen LogP contribution in [0.2, 0.25) is 0 Å². The van der Waals surface area contributed by atoms with Gasteiger partial charge in [-0.3, -0.25) is 0 Å². The number of aliphatic hydroxyl groups is 1. The van der Waals surface area contributed by atoms with Crippen molar-refractivity contribution < 1.29 is 9.84 Å². The lowest BCUT2D eigenvalue weighted by Crippen LogP contribution is -2.05. The van der Waals surface area contributed by atoms with Crippen LogP contribution in [0.5, 0.6) is 5.75 Å². The second-order valence-electron chi connectivity index (χ2n) is 3.56. The second-order valence-corrected chi connectivity index (χ2v) is 4.71. The maximum atomic E-state index is 10.1. The summed E-state index contributed by atoms with van der Waals surface area (Å²) >= 11 is 1.78. The smallest absolute Gasteiger partial charge is 0.125 e. The number of para-hydroxylation sites is 1. The minimum absolute atomic E-state index is 0.431. The lowest BCUT2D eigenvalue weighted by Gasteiger charge is -2.15. The number of hydrogen-bond acceptors (Lipinski definition) is 3. The van der Waals surface area contributed by atoms with Gasteiger partial charge in [-0.05, 0) is 25.2 Å². The number of ether oxygens (including phenoxy) is 1. The van der Waals surface area contributed by atoms with Gasteiger partial charge in [0.15, 0.2) is 0 Å². The summed E-state index contributed by atoms with van der Waals surface area (Å²) in [4.78, 5) is 0. The van der Waals surface area contributed by atoms with E-state index < -0.39 is 6.10 Å². The van der Waals surface area contributed by atoms with E-state index in [4.69, 9.17) is 4.74 Å². The van der Waals surface area contributed by atoms with Crippen LogP contribution in [0.25, 0.3) is 0 Å². The van der Waals surface area contributed by atoms with Crippen LogP contribution in [-0.4, -0.2) is 23.2 Å². The summed E-state index contributed by atoms with van der Waals surface area (Å²) in [5.41, 5.74) is 0.896. The molecule has 0 radical (unpaired) electrons. The van der Waals surface area contributed by atoms with Crippen LogP contribution in [0.3, 0.4) is 0 Å². The summed E-state index contributed by atoms with van der Waals surface area (Å²) in [6.45, 7) is 4.73. The van der Waals surface area contributed by atoms with E-state index in [1.807, 2.05) is 31.2 Å². The number of benzene rings is 1. The first-order valence-corrected chi connectivity index (χ1v) is 6.92. The molecule has 0 saturated carbocycles. The largest absolute Gasteiger partial charge is 0.493 e. The summed E-state index contributed by atoms with van der Waals surface area (Å²) in [6.07, 6.45) is 0.712. The van der Waals surface area contributed by atoms with E-state index in [-0.39, 0.29) is 0 Å². The first-order chi connectivity index (χ1) is 7.79.